The number of carbonyl (C=O) groups is 2. The molecule has 1 atom stereocenters. The first-order chi connectivity index (χ1) is 7.72. The predicted octanol–water partition coefficient (Wildman–Crippen LogP) is 0.914. The standard InChI is InChI=1S/C12H20N2O2/c1-2-3-6-14(10-4-5-10)12(16)9-7-11(15)13-8-9/h9-10H,2-8H2,1H3,(H,13,15). The van der Waals surface area contributed by atoms with E-state index in [4.69, 9.17) is 0 Å². The number of hydrogen-bond acceptors (Lipinski definition) is 2. The SMILES string of the molecule is CCCCN(C(=O)C1CNC(=O)C1)C1CC1. The summed E-state index contributed by atoms with van der Waals surface area (Å²) in [6, 6.07) is 0.467. The Bertz CT molecular complexity index is 287. The first-order valence-electron chi connectivity index (χ1n) is 6.29. The van der Waals surface area contributed by atoms with Crippen LogP contribution in [0.15, 0.2) is 0 Å². The molecule has 2 amide bonds. The van der Waals surface area contributed by atoms with Crippen molar-refractivity contribution in [1.29, 1.82) is 0 Å². The van der Waals surface area contributed by atoms with Crippen molar-refractivity contribution in [3.63, 3.8) is 0 Å². The summed E-state index contributed by atoms with van der Waals surface area (Å²) in [4.78, 5) is 25.3. The third-order valence-electron chi connectivity index (χ3n) is 3.35. The minimum atomic E-state index is -0.107. The molecule has 2 rings (SSSR count). The molecule has 0 spiro atoms. The molecule has 1 saturated heterocycles. The molecule has 1 unspecified atom stereocenters. The van der Waals surface area contributed by atoms with E-state index < -0.39 is 0 Å². The number of nitrogens with zero attached hydrogens (tertiary/aromatic N) is 1. The molecule has 1 aliphatic carbocycles. The Morgan fingerprint density at radius 2 is 2.25 bits per heavy atom. The quantitative estimate of drug-likeness (QED) is 0.754. The molecule has 90 valence electrons. The van der Waals surface area contributed by atoms with Gasteiger partial charge in [0.15, 0.2) is 0 Å². The normalized spacial score (nSPS) is 24.3. The summed E-state index contributed by atoms with van der Waals surface area (Å²) in [6.45, 7) is 3.54. The highest BCUT2D eigenvalue weighted by molar-refractivity contribution is 5.89. The van der Waals surface area contributed by atoms with Crippen molar-refractivity contribution in [2.75, 3.05) is 13.1 Å². The molecule has 4 nitrogen and oxygen atoms in total. The fourth-order valence-electron chi connectivity index (χ4n) is 2.20. The summed E-state index contributed by atoms with van der Waals surface area (Å²) in [6.07, 6.45) is 4.84. The van der Waals surface area contributed by atoms with Gasteiger partial charge < -0.3 is 10.2 Å². The zero-order valence-electron chi connectivity index (χ0n) is 9.87. The largest absolute Gasteiger partial charge is 0.355 e. The molecule has 0 bridgehead atoms. The molecule has 1 saturated carbocycles. The highest BCUT2D eigenvalue weighted by Gasteiger charge is 2.37. The molecule has 1 heterocycles. The third kappa shape index (κ3) is 2.54. The van der Waals surface area contributed by atoms with Crippen molar-refractivity contribution < 1.29 is 9.59 Å². The maximum Gasteiger partial charge on any atom is 0.228 e. The van der Waals surface area contributed by atoms with Gasteiger partial charge in [0.05, 0.1) is 5.92 Å². The second kappa shape index (κ2) is 4.85. The number of hydrogen-bond donors (Lipinski definition) is 1. The minimum Gasteiger partial charge on any atom is -0.355 e. The van der Waals surface area contributed by atoms with Crippen LogP contribution in [0.5, 0.6) is 0 Å². The van der Waals surface area contributed by atoms with E-state index in [1.54, 1.807) is 0 Å². The topological polar surface area (TPSA) is 49.4 Å². The molecule has 0 aromatic carbocycles. The lowest BCUT2D eigenvalue weighted by molar-refractivity contribution is -0.136. The van der Waals surface area contributed by atoms with Crippen molar-refractivity contribution in [2.24, 2.45) is 5.92 Å². The van der Waals surface area contributed by atoms with E-state index in [0.29, 0.717) is 19.0 Å². The van der Waals surface area contributed by atoms with Gasteiger partial charge in [-0.2, -0.15) is 0 Å². The zero-order valence-corrected chi connectivity index (χ0v) is 9.87. The Morgan fingerprint density at radius 3 is 2.75 bits per heavy atom. The Kier molecular flexibility index (Phi) is 3.46. The van der Waals surface area contributed by atoms with Gasteiger partial charge in [0.1, 0.15) is 0 Å². The van der Waals surface area contributed by atoms with Gasteiger partial charge in [-0.15, -0.1) is 0 Å². The molecular formula is C12H20N2O2. The molecule has 0 radical (unpaired) electrons. The average Bonchev–Trinajstić information content (AvgIpc) is 3.01. The lowest BCUT2D eigenvalue weighted by Gasteiger charge is -2.24. The fraction of sp³-hybridized carbons (Fsp3) is 0.833. The van der Waals surface area contributed by atoms with E-state index >= 15 is 0 Å². The second-order valence-electron chi connectivity index (χ2n) is 4.82. The van der Waals surface area contributed by atoms with Crippen LogP contribution in [0.25, 0.3) is 0 Å². The molecule has 1 aliphatic heterocycles. The van der Waals surface area contributed by atoms with Crippen LogP contribution in [0, 0.1) is 5.92 Å². The molecule has 0 aromatic heterocycles. The van der Waals surface area contributed by atoms with Crippen LogP contribution in [0.4, 0.5) is 0 Å². The maximum atomic E-state index is 12.2. The average molecular weight is 224 g/mol. The molecule has 0 aromatic rings. The van der Waals surface area contributed by atoms with E-state index in [9.17, 15) is 9.59 Å². The number of carbonyl (C=O) groups excluding carboxylic acids is 2. The Labute approximate surface area is 96.4 Å². The summed E-state index contributed by atoms with van der Waals surface area (Å²) in [5.74, 6) is 0.101. The molecule has 16 heavy (non-hydrogen) atoms. The first-order valence-corrected chi connectivity index (χ1v) is 6.29. The van der Waals surface area contributed by atoms with E-state index in [0.717, 1.165) is 32.2 Å². The lowest BCUT2D eigenvalue weighted by atomic mass is 10.1. The maximum absolute atomic E-state index is 12.2. The Hall–Kier alpha value is -1.06. The van der Waals surface area contributed by atoms with Crippen molar-refractivity contribution in [2.45, 2.75) is 45.1 Å². The third-order valence-corrected chi connectivity index (χ3v) is 3.35. The number of nitrogens with one attached hydrogen (secondary N) is 1. The fourth-order valence-corrected chi connectivity index (χ4v) is 2.20. The lowest BCUT2D eigenvalue weighted by Crippen LogP contribution is -2.39. The van der Waals surface area contributed by atoms with Gasteiger partial charge in [0.25, 0.3) is 0 Å². The van der Waals surface area contributed by atoms with Gasteiger partial charge in [-0.3, -0.25) is 9.59 Å². The van der Waals surface area contributed by atoms with Crippen LogP contribution in [-0.2, 0) is 9.59 Å². The van der Waals surface area contributed by atoms with E-state index in [1.165, 1.54) is 0 Å². The van der Waals surface area contributed by atoms with Gasteiger partial charge >= 0.3 is 0 Å². The molecule has 4 heteroatoms. The van der Waals surface area contributed by atoms with E-state index in [2.05, 4.69) is 12.2 Å². The molecule has 2 fully saturated rings. The van der Waals surface area contributed by atoms with Gasteiger partial charge in [0.2, 0.25) is 11.8 Å². The highest BCUT2D eigenvalue weighted by atomic mass is 16.2. The predicted molar refractivity (Wildman–Crippen MR) is 60.8 cm³/mol. The van der Waals surface area contributed by atoms with Crippen LogP contribution in [0.2, 0.25) is 0 Å². The van der Waals surface area contributed by atoms with E-state index in [1.807, 2.05) is 4.90 Å². The first kappa shape index (κ1) is 11.4. The van der Waals surface area contributed by atoms with Crippen LogP contribution < -0.4 is 5.32 Å². The van der Waals surface area contributed by atoms with Gasteiger partial charge in [-0.25, -0.2) is 0 Å². The number of rotatable bonds is 5. The van der Waals surface area contributed by atoms with Gasteiger partial charge in [-0.1, -0.05) is 13.3 Å². The van der Waals surface area contributed by atoms with E-state index in [-0.39, 0.29) is 17.7 Å². The highest BCUT2D eigenvalue weighted by Crippen LogP contribution is 2.29. The van der Waals surface area contributed by atoms with Crippen LogP contribution in [0.3, 0.4) is 0 Å². The number of amides is 2. The second-order valence-corrected chi connectivity index (χ2v) is 4.82. The molecular weight excluding hydrogens is 204 g/mol. The minimum absolute atomic E-state index is 0.0181. The van der Waals surface area contributed by atoms with Crippen LogP contribution in [0.1, 0.15) is 39.0 Å². The summed E-state index contributed by atoms with van der Waals surface area (Å²) in [5.41, 5.74) is 0. The summed E-state index contributed by atoms with van der Waals surface area (Å²) in [5, 5.41) is 2.73. The molecule has 2 aliphatic rings. The summed E-state index contributed by atoms with van der Waals surface area (Å²) < 4.78 is 0. The summed E-state index contributed by atoms with van der Waals surface area (Å²) >= 11 is 0. The van der Waals surface area contributed by atoms with Crippen LogP contribution in [-0.4, -0.2) is 35.8 Å². The van der Waals surface area contributed by atoms with Gasteiger partial charge in [0, 0.05) is 25.6 Å². The van der Waals surface area contributed by atoms with Crippen molar-refractivity contribution in [3.05, 3.63) is 0 Å². The number of unbranched alkanes of at least 4 members (excludes halogenated alkanes) is 1. The Morgan fingerprint density at radius 1 is 1.50 bits per heavy atom. The smallest absolute Gasteiger partial charge is 0.228 e. The zero-order chi connectivity index (χ0) is 11.5. The van der Waals surface area contributed by atoms with Crippen molar-refractivity contribution in [1.82, 2.24) is 10.2 Å². The molecule has 1 N–H and O–H groups in total. The Balaban J connectivity index is 1.91. The summed E-state index contributed by atoms with van der Waals surface area (Å²) in [7, 11) is 0. The van der Waals surface area contributed by atoms with Crippen LogP contribution >= 0.6 is 0 Å². The van der Waals surface area contributed by atoms with Gasteiger partial charge in [-0.05, 0) is 19.3 Å². The van der Waals surface area contributed by atoms with Crippen molar-refractivity contribution in [3.8, 4) is 0 Å². The monoisotopic (exact) mass is 224 g/mol. The van der Waals surface area contributed by atoms with Crippen molar-refractivity contribution >= 4 is 11.8 Å².